The number of rotatable bonds is 8. The van der Waals surface area contributed by atoms with E-state index >= 15 is 0 Å². The standard InChI is InChI=1S/C15H21N5O4S/c1-3-10-19(4-2)15(21)20-12-16-14(17-20)25(22,23)18-24-11-13-8-6-5-7-9-13/h5-9,12,18H,3-4,10-11H2,1-2H3. The molecule has 0 atom stereocenters. The van der Waals surface area contributed by atoms with E-state index in [1.165, 1.54) is 0 Å². The molecule has 9 nitrogen and oxygen atoms in total. The van der Waals surface area contributed by atoms with Crippen LogP contribution in [0.3, 0.4) is 0 Å². The van der Waals surface area contributed by atoms with Crippen molar-refractivity contribution in [3.8, 4) is 0 Å². The fourth-order valence-corrected chi connectivity index (χ4v) is 2.74. The molecule has 1 heterocycles. The Bertz CT molecular complexity index is 791. The molecule has 0 unspecified atom stereocenters. The van der Waals surface area contributed by atoms with Gasteiger partial charge in [-0.15, -0.1) is 5.10 Å². The van der Waals surface area contributed by atoms with Crippen LogP contribution in [0, 0.1) is 0 Å². The van der Waals surface area contributed by atoms with Crippen molar-refractivity contribution in [3.63, 3.8) is 0 Å². The predicted octanol–water partition coefficient (Wildman–Crippen LogP) is 1.39. The van der Waals surface area contributed by atoms with E-state index in [4.69, 9.17) is 4.84 Å². The normalized spacial score (nSPS) is 11.4. The fraction of sp³-hybridized carbons (Fsp3) is 0.400. The summed E-state index contributed by atoms with van der Waals surface area (Å²) in [4.78, 5) is 24.4. The average Bonchev–Trinajstić information content (AvgIpc) is 3.11. The van der Waals surface area contributed by atoms with Crippen LogP contribution in [0.1, 0.15) is 25.8 Å². The van der Waals surface area contributed by atoms with Gasteiger partial charge in [-0.05, 0) is 18.9 Å². The maximum absolute atomic E-state index is 12.2. The van der Waals surface area contributed by atoms with E-state index < -0.39 is 21.2 Å². The number of aromatic nitrogens is 3. The molecule has 0 saturated carbocycles. The van der Waals surface area contributed by atoms with Gasteiger partial charge in [-0.3, -0.25) is 4.84 Å². The third-order valence-electron chi connectivity index (χ3n) is 3.30. The number of nitrogens with zero attached hydrogens (tertiary/aromatic N) is 4. The zero-order chi connectivity index (χ0) is 18.3. The molecule has 0 radical (unpaired) electrons. The Morgan fingerprint density at radius 3 is 2.64 bits per heavy atom. The van der Waals surface area contributed by atoms with Gasteiger partial charge in [0.1, 0.15) is 6.33 Å². The minimum absolute atomic E-state index is 0.0554. The summed E-state index contributed by atoms with van der Waals surface area (Å²) in [6.07, 6.45) is 1.86. The molecule has 0 aliphatic rings. The lowest BCUT2D eigenvalue weighted by Gasteiger charge is -2.18. The minimum atomic E-state index is -4.07. The largest absolute Gasteiger partial charge is 0.346 e. The number of hydrogen-bond donors (Lipinski definition) is 1. The smallest absolute Gasteiger partial charge is 0.323 e. The van der Waals surface area contributed by atoms with Gasteiger partial charge >= 0.3 is 6.03 Å². The molecule has 10 heteroatoms. The first-order chi connectivity index (χ1) is 12.0. The van der Waals surface area contributed by atoms with Crippen LogP contribution in [0.2, 0.25) is 0 Å². The number of amides is 1. The summed E-state index contributed by atoms with van der Waals surface area (Å²) in [6.45, 7) is 4.88. The Kier molecular flexibility index (Phi) is 6.62. The van der Waals surface area contributed by atoms with Gasteiger partial charge in [0, 0.05) is 13.1 Å². The SMILES string of the molecule is CCCN(CC)C(=O)n1cnc(S(=O)(=O)NOCc2ccccc2)n1. The van der Waals surface area contributed by atoms with Crippen LogP contribution in [0.15, 0.2) is 41.8 Å². The minimum Gasteiger partial charge on any atom is -0.323 e. The summed E-state index contributed by atoms with van der Waals surface area (Å²) in [5, 5.41) is 3.22. The van der Waals surface area contributed by atoms with E-state index in [0.29, 0.717) is 13.1 Å². The maximum atomic E-state index is 12.2. The molecule has 1 N–H and O–H groups in total. The molecule has 0 spiro atoms. The van der Waals surface area contributed by atoms with Crippen molar-refractivity contribution in [1.29, 1.82) is 0 Å². The highest BCUT2D eigenvalue weighted by molar-refractivity contribution is 7.89. The number of sulfonamides is 1. The highest BCUT2D eigenvalue weighted by Crippen LogP contribution is 2.05. The second kappa shape index (κ2) is 8.70. The Morgan fingerprint density at radius 2 is 2.00 bits per heavy atom. The van der Waals surface area contributed by atoms with E-state index in [0.717, 1.165) is 23.0 Å². The van der Waals surface area contributed by atoms with Gasteiger partial charge in [-0.25, -0.2) is 18.2 Å². The predicted molar refractivity (Wildman–Crippen MR) is 89.9 cm³/mol. The molecule has 0 bridgehead atoms. The van der Waals surface area contributed by atoms with Crippen molar-refractivity contribution in [2.24, 2.45) is 0 Å². The first kappa shape index (κ1) is 19.0. The highest BCUT2D eigenvalue weighted by Gasteiger charge is 2.23. The van der Waals surface area contributed by atoms with Gasteiger partial charge in [0.05, 0.1) is 6.61 Å². The number of hydrogen-bond acceptors (Lipinski definition) is 6. The average molecular weight is 367 g/mol. The van der Waals surface area contributed by atoms with Crippen LogP contribution in [0.5, 0.6) is 0 Å². The molecular formula is C15H21N5O4S. The second-order valence-electron chi connectivity index (χ2n) is 5.20. The molecule has 2 rings (SSSR count). The zero-order valence-corrected chi connectivity index (χ0v) is 14.9. The van der Waals surface area contributed by atoms with Crippen LogP contribution < -0.4 is 4.89 Å². The van der Waals surface area contributed by atoms with E-state index in [1.54, 1.807) is 17.0 Å². The van der Waals surface area contributed by atoms with Crippen molar-refractivity contribution in [3.05, 3.63) is 42.2 Å². The van der Waals surface area contributed by atoms with Crippen LogP contribution >= 0.6 is 0 Å². The summed E-state index contributed by atoms with van der Waals surface area (Å²) in [6, 6.07) is 8.65. The first-order valence-electron chi connectivity index (χ1n) is 7.86. The van der Waals surface area contributed by atoms with E-state index in [2.05, 4.69) is 10.1 Å². The van der Waals surface area contributed by atoms with E-state index in [1.807, 2.05) is 36.9 Å². The summed E-state index contributed by atoms with van der Waals surface area (Å²) in [5.74, 6) is 0. The molecule has 25 heavy (non-hydrogen) atoms. The second-order valence-corrected chi connectivity index (χ2v) is 6.73. The molecule has 0 fully saturated rings. The van der Waals surface area contributed by atoms with Crippen molar-refractivity contribution in [2.45, 2.75) is 32.0 Å². The van der Waals surface area contributed by atoms with Crippen molar-refractivity contribution >= 4 is 16.1 Å². The lowest BCUT2D eigenvalue weighted by atomic mass is 10.2. The molecule has 0 aliphatic carbocycles. The molecule has 1 aromatic carbocycles. The summed E-state index contributed by atoms with van der Waals surface area (Å²) >= 11 is 0. The topological polar surface area (TPSA) is 106 Å². The molecule has 136 valence electrons. The molecule has 2 aromatic rings. The quantitative estimate of drug-likeness (QED) is 0.707. The van der Waals surface area contributed by atoms with Crippen molar-refractivity contribution in [1.82, 2.24) is 24.5 Å². The lowest BCUT2D eigenvalue weighted by Crippen LogP contribution is -2.35. The molecule has 1 amide bonds. The van der Waals surface area contributed by atoms with Crippen molar-refractivity contribution < 1.29 is 18.0 Å². The first-order valence-corrected chi connectivity index (χ1v) is 9.34. The number of benzene rings is 1. The molecular weight excluding hydrogens is 346 g/mol. The van der Waals surface area contributed by atoms with Crippen LogP contribution in [0.4, 0.5) is 4.79 Å². The van der Waals surface area contributed by atoms with E-state index in [9.17, 15) is 13.2 Å². The van der Waals surface area contributed by atoms with Crippen LogP contribution in [-0.2, 0) is 21.5 Å². The molecule has 0 saturated heterocycles. The number of carbonyl (C=O) groups is 1. The summed E-state index contributed by atoms with van der Waals surface area (Å²) < 4.78 is 25.2. The number of nitrogens with one attached hydrogen (secondary N) is 1. The van der Waals surface area contributed by atoms with Crippen LogP contribution in [0.25, 0.3) is 0 Å². The molecule has 0 aliphatic heterocycles. The monoisotopic (exact) mass is 367 g/mol. The Hall–Kier alpha value is -2.30. The maximum Gasteiger partial charge on any atom is 0.346 e. The summed E-state index contributed by atoms with van der Waals surface area (Å²) in [7, 11) is -4.07. The Balaban J connectivity index is 2.00. The number of carbonyl (C=O) groups excluding carboxylic acids is 1. The van der Waals surface area contributed by atoms with Gasteiger partial charge < -0.3 is 4.90 Å². The third kappa shape index (κ3) is 5.08. The third-order valence-corrected chi connectivity index (χ3v) is 4.31. The van der Waals surface area contributed by atoms with E-state index in [-0.39, 0.29) is 6.61 Å². The Labute approximate surface area is 146 Å². The van der Waals surface area contributed by atoms with Gasteiger partial charge in [0.2, 0.25) is 0 Å². The highest BCUT2D eigenvalue weighted by atomic mass is 32.2. The van der Waals surface area contributed by atoms with Gasteiger partial charge in [0.15, 0.2) is 0 Å². The summed E-state index contributed by atoms with van der Waals surface area (Å²) in [5.41, 5.74) is 0.803. The van der Waals surface area contributed by atoms with Gasteiger partial charge in [0.25, 0.3) is 15.2 Å². The zero-order valence-electron chi connectivity index (χ0n) is 14.1. The lowest BCUT2D eigenvalue weighted by molar-refractivity contribution is 0.0791. The Morgan fingerprint density at radius 1 is 1.28 bits per heavy atom. The van der Waals surface area contributed by atoms with Gasteiger partial charge in [-0.2, -0.15) is 4.68 Å². The molecule has 1 aromatic heterocycles. The fourth-order valence-electron chi connectivity index (χ4n) is 2.07. The van der Waals surface area contributed by atoms with Crippen molar-refractivity contribution in [2.75, 3.05) is 13.1 Å². The van der Waals surface area contributed by atoms with Crippen LogP contribution in [-0.4, -0.2) is 47.2 Å². The van der Waals surface area contributed by atoms with Gasteiger partial charge in [-0.1, -0.05) is 42.1 Å².